The van der Waals surface area contributed by atoms with Gasteiger partial charge in [0.1, 0.15) is 0 Å². The van der Waals surface area contributed by atoms with Crippen LogP contribution in [0.4, 0.5) is 0 Å². The molecule has 2 aliphatic rings. The molecule has 2 fully saturated rings. The summed E-state index contributed by atoms with van der Waals surface area (Å²) in [5.74, 6) is 1.99. The molecule has 1 heterocycles. The Hall–Kier alpha value is -0.860. The highest BCUT2D eigenvalue weighted by atomic mass is 15.2. The van der Waals surface area contributed by atoms with Gasteiger partial charge in [-0.2, -0.15) is 0 Å². The van der Waals surface area contributed by atoms with Gasteiger partial charge in [0.05, 0.1) is 0 Å². The standard InChI is InChI=1S/C17H26N2/c1-13-5-3-6-14(9-13)17(18-2)12-19-10-15-7-4-8-16(15)11-19/h3,5-6,9,15-18H,4,7-8,10-12H2,1-2H3. The van der Waals surface area contributed by atoms with Crippen molar-refractivity contribution in [3.8, 4) is 0 Å². The van der Waals surface area contributed by atoms with Crippen LogP contribution in [0.25, 0.3) is 0 Å². The van der Waals surface area contributed by atoms with E-state index in [2.05, 4.69) is 48.5 Å². The average molecular weight is 258 g/mol. The number of rotatable bonds is 4. The fourth-order valence-electron chi connectivity index (χ4n) is 3.99. The molecule has 104 valence electrons. The van der Waals surface area contributed by atoms with Gasteiger partial charge in [-0.1, -0.05) is 36.2 Å². The topological polar surface area (TPSA) is 15.3 Å². The lowest BCUT2D eigenvalue weighted by atomic mass is 10.0. The highest BCUT2D eigenvalue weighted by molar-refractivity contribution is 5.25. The van der Waals surface area contributed by atoms with Crippen molar-refractivity contribution < 1.29 is 0 Å². The molecule has 1 aliphatic carbocycles. The lowest BCUT2D eigenvalue weighted by Gasteiger charge is -2.24. The summed E-state index contributed by atoms with van der Waals surface area (Å²) in [7, 11) is 2.09. The highest BCUT2D eigenvalue weighted by Crippen LogP contribution is 2.38. The Balaban J connectivity index is 1.64. The summed E-state index contributed by atoms with van der Waals surface area (Å²) in [6.07, 6.45) is 4.40. The molecule has 0 aromatic heterocycles. The first-order valence-electron chi connectivity index (χ1n) is 7.72. The molecule has 1 aliphatic heterocycles. The fourth-order valence-corrected chi connectivity index (χ4v) is 3.99. The van der Waals surface area contributed by atoms with Crippen LogP contribution in [0.3, 0.4) is 0 Å². The van der Waals surface area contributed by atoms with Crippen LogP contribution in [0.2, 0.25) is 0 Å². The summed E-state index contributed by atoms with van der Waals surface area (Å²) in [5.41, 5.74) is 2.79. The molecule has 1 N–H and O–H groups in total. The van der Waals surface area contributed by atoms with E-state index in [4.69, 9.17) is 0 Å². The smallest absolute Gasteiger partial charge is 0.0446 e. The van der Waals surface area contributed by atoms with Gasteiger partial charge in [-0.05, 0) is 44.2 Å². The summed E-state index contributed by atoms with van der Waals surface area (Å²) in [6.45, 7) is 5.99. The van der Waals surface area contributed by atoms with E-state index in [1.165, 1.54) is 43.5 Å². The van der Waals surface area contributed by atoms with Gasteiger partial charge >= 0.3 is 0 Å². The van der Waals surface area contributed by atoms with Crippen LogP contribution in [-0.2, 0) is 0 Å². The summed E-state index contributed by atoms with van der Waals surface area (Å²) >= 11 is 0. The Kier molecular flexibility index (Phi) is 3.90. The van der Waals surface area contributed by atoms with Crippen molar-refractivity contribution in [2.45, 2.75) is 32.2 Å². The Morgan fingerprint density at radius 3 is 2.63 bits per heavy atom. The second-order valence-corrected chi connectivity index (χ2v) is 6.43. The van der Waals surface area contributed by atoms with E-state index in [1.807, 2.05) is 0 Å². The number of benzene rings is 1. The highest BCUT2D eigenvalue weighted by Gasteiger charge is 2.36. The third kappa shape index (κ3) is 2.85. The van der Waals surface area contributed by atoms with Crippen LogP contribution >= 0.6 is 0 Å². The Morgan fingerprint density at radius 1 is 1.26 bits per heavy atom. The molecule has 19 heavy (non-hydrogen) atoms. The third-order valence-electron chi connectivity index (χ3n) is 5.04. The zero-order chi connectivity index (χ0) is 13.2. The van der Waals surface area contributed by atoms with Gasteiger partial charge in [0.2, 0.25) is 0 Å². The molecule has 1 saturated heterocycles. The van der Waals surface area contributed by atoms with E-state index in [9.17, 15) is 0 Å². The summed E-state index contributed by atoms with van der Waals surface area (Å²) in [4.78, 5) is 2.68. The SMILES string of the molecule is CNC(CN1CC2CCCC2C1)c1cccc(C)c1. The molecule has 1 saturated carbocycles. The van der Waals surface area contributed by atoms with E-state index in [0.717, 1.165) is 18.4 Å². The van der Waals surface area contributed by atoms with Gasteiger partial charge in [0.15, 0.2) is 0 Å². The maximum absolute atomic E-state index is 3.50. The molecule has 0 spiro atoms. The Labute approximate surface area is 117 Å². The van der Waals surface area contributed by atoms with Crippen molar-refractivity contribution in [2.75, 3.05) is 26.7 Å². The first-order valence-corrected chi connectivity index (χ1v) is 7.72. The monoisotopic (exact) mass is 258 g/mol. The minimum Gasteiger partial charge on any atom is -0.312 e. The van der Waals surface area contributed by atoms with Crippen LogP contribution < -0.4 is 5.32 Å². The minimum atomic E-state index is 0.471. The van der Waals surface area contributed by atoms with Gasteiger partial charge in [-0.15, -0.1) is 0 Å². The second kappa shape index (κ2) is 5.64. The Bertz CT molecular complexity index is 417. The molecule has 1 aromatic rings. The fraction of sp³-hybridized carbons (Fsp3) is 0.647. The lowest BCUT2D eigenvalue weighted by molar-refractivity contribution is 0.278. The minimum absolute atomic E-state index is 0.471. The number of likely N-dealkylation sites (N-methyl/N-ethyl adjacent to an activating group) is 1. The largest absolute Gasteiger partial charge is 0.312 e. The Morgan fingerprint density at radius 2 is 2.00 bits per heavy atom. The second-order valence-electron chi connectivity index (χ2n) is 6.43. The number of likely N-dealkylation sites (tertiary alicyclic amines) is 1. The summed E-state index contributed by atoms with van der Waals surface area (Å²) in [5, 5.41) is 3.50. The van der Waals surface area contributed by atoms with Crippen LogP contribution in [0.5, 0.6) is 0 Å². The van der Waals surface area contributed by atoms with Crippen molar-refractivity contribution in [1.29, 1.82) is 0 Å². The van der Waals surface area contributed by atoms with Gasteiger partial charge in [-0.25, -0.2) is 0 Å². The molecule has 0 bridgehead atoms. The molecule has 2 heteroatoms. The number of fused-ring (bicyclic) bond motifs is 1. The van der Waals surface area contributed by atoms with Crippen molar-refractivity contribution >= 4 is 0 Å². The van der Waals surface area contributed by atoms with E-state index >= 15 is 0 Å². The zero-order valence-electron chi connectivity index (χ0n) is 12.2. The number of hydrogen-bond donors (Lipinski definition) is 1. The maximum atomic E-state index is 3.50. The van der Waals surface area contributed by atoms with E-state index in [0.29, 0.717) is 6.04 Å². The molecule has 0 radical (unpaired) electrons. The average Bonchev–Trinajstić information content (AvgIpc) is 2.96. The first kappa shape index (κ1) is 13.1. The van der Waals surface area contributed by atoms with Crippen molar-refractivity contribution in [1.82, 2.24) is 10.2 Å². The van der Waals surface area contributed by atoms with Crippen LogP contribution in [-0.4, -0.2) is 31.6 Å². The van der Waals surface area contributed by atoms with Crippen molar-refractivity contribution in [3.63, 3.8) is 0 Å². The molecular formula is C17H26N2. The van der Waals surface area contributed by atoms with E-state index in [-0.39, 0.29) is 0 Å². The molecule has 3 rings (SSSR count). The normalized spacial score (nSPS) is 28.5. The molecule has 1 aromatic carbocycles. The van der Waals surface area contributed by atoms with Gasteiger partial charge in [0, 0.05) is 25.7 Å². The van der Waals surface area contributed by atoms with E-state index < -0.39 is 0 Å². The molecular weight excluding hydrogens is 232 g/mol. The quantitative estimate of drug-likeness (QED) is 0.893. The van der Waals surface area contributed by atoms with Crippen molar-refractivity contribution in [3.05, 3.63) is 35.4 Å². The van der Waals surface area contributed by atoms with Gasteiger partial charge in [0.25, 0.3) is 0 Å². The van der Waals surface area contributed by atoms with Crippen LogP contribution in [0.15, 0.2) is 24.3 Å². The predicted molar refractivity (Wildman–Crippen MR) is 80.3 cm³/mol. The van der Waals surface area contributed by atoms with E-state index in [1.54, 1.807) is 0 Å². The molecule has 3 unspecified atom stereocenters. The number of nitrogens with zero attached hydrogens (tertiary/aromatic N) is 1. The predicted octanol–water partition coefficient (Wildman–Crippen LogP) is 2.99. The summed E-state index contributed by atoms with van der Waals surface area (Å²) in [6, 6.07) is 9.39. The van der Waals surface area contributed by atoms with Gasteiger partial charge < -0.3 is 10.2 Å². The molecule has 0 amide bonds. The zero-order valence-corrected chi connectivity index (χ0v) is 12.2. The van der Waals surface area contributed by atoms with Crippen molar-refractivity contribution in [2.24, 2.45) is 11.8 Å². The van der Waals surface area contributed by atoms with Crippen LogP contribution in [0.1, 0.15) is 36.4 Å². The lowest BCUT2D eigenvalue weighted by Crippen LogP contribution is -2.33. The number of nitrogens with one attached hydrogen (secondary N) is 1. The van der Waals surface area contributed by atoms with Crippen LogP contribution in [0, 0.1) is 18.8 Å². The summed E-state index contributed by atoms with van der Waals surface area (Å²) < 4.78 is 0. The molecule has 2 nitrogen and oxygen atoms in total. The van der Waals surface area contributed by atoms with Gasteiger partial charge in [-0.3, -0.25) is 0 Å². The molecule has 3 atom stereocenters. The third-order valence-corrected chi connectivity index (χ3v) is 5.04. The number of aryl methyl sites for hydroxylation is 1. The first-order chi connectivity index (χ1) is 9.26. The number of hydrogen-bond acceptors (Lipinski definition) is 2. The maximum Gasteiger partial charge on any atom is 0.0446 e.